The lowest BCUT2D eigenvalue weighted by Crippen LogP contribution is -1.94. The van der Waals surface area contributed by atoms with Crippen LogP contribution >= 0.6 is 0 Å². The lowest BCUT2D eigenvalue weighted by molar-refractivity contribution is 0.964. The third-order valence-corrected chi connectivity index (χ3v) is 1.01. The Morgan fingerprint density at radius 3 is 2.11 bits per heavy atom. The van der Waals surface area contributed by atoms with E-state index in [0.717, 1.165) is 11.7 Å². The molecule has 0 aromatic carbocycles. The van der Waals surface area contributed by atoms with Crippen LogP contribution in [0.25, 0.3) is 0 Å². The third kappa shape index (κ3) is 1.49. The molecule has 0 spiro atoms. The van der Waals surface area contributed by atoms with Crippen molar-refractivity contribution in [3.05, 3.63) is 30.2 Å². The van der Waals surface area contributed by atoms with Gasteiger partial charge in [0.1, 0.15) is 5.82 Å². The first-order valence-electron chi connectivity index (χ1n) is 2.88. The summed E-state index contributed by atoms with van der Waals surface area (Å²) in [6, 6.07) is 1.81. The molecule has 2 nitrogen and oxygen atoms in total. The van der Waals surface area contributed by atoms with Crippen LogP contribution in [-0.2, 0) is 0 Å². The van der Waals surface area contributed by atoms with Crippen LogP contribution in [0.15, 0.2) is 18.5 Å². The smallest absolute Gasteiger partial charge is 0.134 e. The Labute approximate surface area is 55.0 Å². The van der Waals surface area contributed by atoms with Crippen LogP contribution in [0, 0.1) is 5.92 Å². The summed E-state index contributed by atoms with van der Waals surface area (Å²) in [5.41, 5.74) is 0. The fourth-order valence-electron chi connectivity index (χ4n) is 0.557. The molecule has 47 valence electrons. The van der Waals surface area contributed by atoms with Crippen LogP contribution in [0.4, 0.5) is 0 Å². The SMILES string of the molecule is C[C](C)c1ncccn1. The van der Waals surface area contributed by atoms with Gasteiger partial charge in [0.05, 0.1) is 0 Å². The summed E-state index contributed by atoms with van der Waals surface area (Å²) < 4.78 is 0. The van der Waals surface area contributed by atoms with Gasteiger partial charge in [-0.25, -0.2) is 9.97 Å². The summed E-state index contributed by atoms with van der Waals surface area (Å²) in [4.78, 5) is 8.06. The van der Waals surface area contributed by atoms with Crippen molar-refractivity contribution in [3.63, 3.8) is 0 Å². The summed E-state index contributed by atoms with van der Waals surface area (Å²) in [6.07, 6.45) is 3.49. The molecule has 0 amide bonds. The Balaban J connectivity index is 2.85. The number of aromatic nitrogens is 2. The lowest BCUT2D eigenvalue weighted by atomic mass is 10.2. The number of rotatable bonds is 1. The maximum absolute atomic E-state index is 4.03. The van der Waals surface area contributed by atoms with Crippen LogP contribution in [0.1, 0.15) is 19.7 Å². The van der Waals surface area contributed by atoms with Gasteiger partial charge in [0.2, 0.25) is 0 Å². The van der Waals surface area contributed by atoms with Crippen molar-refractivity contribution in [2.24, 2.45) is 0 Å². The summed E-state index contributed by atoms with van der Waals surface area (Å²) in [7, 11) is 0. The second-order valence-electron chi connectivity index (χ2n) is 2.07. The standard InChI is InChI=1S/C7H9N2/c1-6(2)7-8-4-3-5-9-7/h3-5H,1-2H3. The summed E-state index contributed by atoms with van der Waals surface area (Å²) >= 11 is 0. The van der Waals surface area contributed by atoms with E-state index in [2.05, 4.69) is 9.97 Å². The molecule has 0 N–H and O–H groups in total. The van der Waals surface area contributed by atoms with Gasteiger partial charge < -0.3 is 0 Å². The number of hydrogen-bond acceptors (Lipinski definition) is 2. The largest absolute Gasteiger partial charge is 0.241 e. The van der Waals surface area contributed by atoms with Gasteiger partial charge in [-0.15, -0.1) is 0 Å². The van der Waals surface area contributed by atoms with Crippen LogP contribution in [0.3, 0.4) is 0 Å². The lowest BCUT2D eigenvalue weighted by Gasteiger charge is -1.97. The molecule has 2 heteroatoms. The molecular formula is C7H9N2. The van der Waals surface area contributed by atoms with Crippen LogP contribution in [0.5, 0.6) is 0 Å². The van der Waals surface area contributed by atoms with Crippen LogP contribution < -0.4 is 0 Å². The van der Waals surface area contributed by atoms with E-state index in [0.29, 0.717) is 0 Å². The van der Waals surface area contributed by atoms with Gasteiger partial charge in [0.15, 0.2) is 0 Å². The Morgan fingerprint density at radius 2 is 1.78 bits per heavy atom. The maximum atomic E-state index is 4.03. The maximum Gasteiger partial charge on any atom is 0.134 e. The monoisotopic (exact) mass is 121 g/mol. The predicted octanol–water partition coefficient (Wildman–Crippen LogP) is 1.44. The van der Waals surface area contributed by atoms with Gasteiger partial charge in [0, 0.05) is 18.3 Å². The van der Waals surface area contributed by atoms with Gasteiger partial charge in [-0.05, 0) is 6.07 Å². The molecule has 1 aromatic heterocycles. The van der Waals surface area contributed by atoms with E-state index < -0.39 is 0 Å². The zero-order valence-corrected chi connectivity index (χ0v) is 5.63. The highest BCUT2D eigenvalue weighted by Gasteiger charge is 1.98. The van der Waals surface area contributed by atoms with Gasteiger partial charge in [0.25, 0.3) is 0 Å². The van der Waals surface area contributed by atoms with E-state index in [1.807, 2.05) is 19.9 Å². The van der Waals surface area contributed by atoms with Crippen molar-refractivity contribution in [2.75, 3.05) is 0 Å². The molecule has 0 bridgehead atoms. The zero-order valence-electron chi connectivity index (χ0n) is 5.63. The number of hydrogen-bond donors (Lipinski definition) is 0. The van der Waals surface area contributed by atoms with Crippen molar-refractivity contribution in [1.29, 1.82) is 0 Å². The van der Waals surface area contributed by atoms with E-state index in [1.165, 1.54) is 0 Å². The van der Waals surface area contributed by atoms with Crippen molar-refractivity contribution >= 4 is 0 Å². The Bertz CT molecular complexity index is 170. The first kappa shape index (κ1) is 6.20. The first-order valence-corrected chi connectivity index (χ1v) is 2.88. The van der Waals surface area contributed by atoms with Crippen molar-refractivity contribution in [2.45, 2.75) is 13.8 Å². The second kappa shape index (κ2) is 2.58. The molecular weight excluding hydrogens is 112 g/mol. The average Bonchev–Trinajstić information content (AvgIpc) is 1.90. The summed E-state index contributed by atoms with van der Waals surface area (Å²) in [5, 5.41) is 0. The highest BCUT2D eigenvalue weighted by Crippen LogP contribution is 2.03. The molecule has 1 radical (unpaired) electrons. The topological polar surface area (TPSA) is 25.8 Å². The summed E-state index contributed by atoms with van der Waals surface area (Å²) in [6.45, 7) is 3.99. The Kier molecular flexibility index (Phi) is 1.78. The van der Waals surface area contributed by atoms with E-state index in [4.69, 9.17) is 0 Å². The molecule has 0 aliphatic heterocycles. The van der Waals surface area contributed by atoms with E-state index in [-0.39, 0.29) is 0 Å². The molecule has 0 aliphatic rings. The Morgan fingerprint density at radius 1 is 1.22 bits per heavy atom. The van der Waals surface area contributed by atoms with E-state index in [9.17, 15) is 0 Å². The highest BCUT2D eigenvalue weighted by atomic mass is 14.9. The Hall–Kier alpha value is -0.920. The molecule has 9 heavy (non-hydrogen) atoms. The van der Waals surface area contributed by atoms with Crippen molar-refractivity contribution in [1.82, 2.24) is 9.97 Å². The van der Waals surface area contributed by atoms with Crippen LogP contribution in [0.2, 0.25) is 0 Å². The predicted molar refractivity (Wildman–Crippen MR) is 35.7 cm³/mol. The van der Waals surface area contributed by atoms with E-state index >= 15 is 0 Å². The second-order valence-corrected chi connectivity index (χ2v) is 2.07. The van der Waals surface area contributed by atoms with Gasteiger partial charge in [-0.3, -0.25) is 0 Å². The first-order chi connectivity index (χ1) is 4.30. The van der Waals surface area contributed by atoms with Gasteiger partial charge in [-0.1, -0.05) is 13.8 Å². The molecule has 0 saturated heterocycles. The molecule has 0 unspecified atom stereocenters. The van der Waals surface area contributed by atoms with Gasteiger partial charge in [-0.2, -0.15) is 0 Å². The molecule has 0 fully saturated rings. The van der Waals surface area contributed by atoms with E-state index in [1.54, 1.807) is 12.4 Å². The molecule has 0 aliphatic carbocycles. The number of nitrogens with zero attached hydrogens (tertiary/aromatic N) is 2. The minimum atomic E-state index is 0.831. The fraction of sp³-hybridized carbons (Fsp3) is 0.286. The quantitative estimate of drug-likeness (QED) is 0.561. The minimum absolute atomic E-state index is 0.831. The average molecular weight is 121 g/mol. The molecule has 0 atom stereocenters. The third-order valence-electron chi connectivity index (χ3n) is 1.01. The normalized spacial score (nSPS) is 10.1. The van der Waals surface area contributed by atoms with Gasteiger partial charge >= 0.3 is 0 Å². The van der Waals surface area contributed by atoms with Crippen molar-refractivity contribution < 1.29 is 0 Å². The van der Waals surface area contributed by atoms with Crippen molar-refractivity contribution in [3.8, 4) is 0 Å². The summed E-state index contributed by atoms with van der Waals surface area (Å²) in [5.74, 6) is 1.98. The highest BCUT2D eigenvalue weighted by molar-refractivity contribution is 5.08. The fourth-order valence-corrected chi connectivity index (χ4v) is 0.557. The van der Waals surface area contributed by atoms with Crippen LogP contribution in [-0.4, -0.2) is 9.97 Å². The minimum Gasteiger partial charge on any atom is -0.241 e. The molecule has 1 aromatic rings. The molecule has 1 rings (SSSR count). The zero-order chi connectivity index (χ0) is 6.69. The molecule has 1 heterocycles. The molecule has 0 saturated carbocycles.